The van der Waals surface area contributed by atoms with Crippen molar-refractivity contribution in [1.29, 1.82) is 0 Å². The molecule has 0 spiro atoms. The molecular formula is C26H21N5O5S. The van der Waals surface area contributed by atoms with E-state index in [0.29, 0.717) is 51.2 Å². The minimum Gasteiger partial charge on any atom is -0.496 e. The molecule has 11 heteroatoms. The van der Waals surface area contributed by atoms with Crippen LogP contribution in [0.1, 0.15) is 5.56 Å². The molecule has 0 amide bonds. The SMILES string of the molecule is COc1cc(OCc2cccc(-c3cnc(OC)cn3)c2)c2cc(-c3cn4nc(OC)sc4n3)oc2c1. The smallest absolute Gasteiger partial charge is 0.294 e. The number of imidazole rings is 1. The van der Waals surface area contributed by atoms with Gasteiger partial charge in [-0.25, -0.2) is 19.5 Å². The maximum Gasteiger partial charge on any atom is 0.294 e. The van der Waals surface area contributed by atoms with Gasteiger partial charge in [-0.3, -0.25) is 0 Å². The Balaban J connectivity index is 1.28. The van der Waals surface area contributed by atoms with Crippen molar-refractivity contribution >= 4 is 27.3 Å². The summed E-state index contributed by atoms with van der Waals surface area (Å²) in [5, 5.41) is 5.68. The molecule has 0 aliphatic heterocycles. The molecular weight excluding hydrogens is 494 g/mol. The van der Waals surface area contributed by atoms with E-state index in [1.54, 1.807) is 44.4 Å². The number of hydrogen-bond acceptors (Lipinski definition) is 10. The predicted molar refractivity (Wildman–Crippen MR) is 138 cm³/mol. The van der Waals surface area contributed by atoms with E-state index >= 15 is 0 Å². The fraction of sp³-hybridized carbons (Fsp3) is 0.154. The van der Waals surface area contributed by atoms with Crippen molar-refractivity contribution in [2.24, 2.45) is 0 Å². The molecule has 0 saturated heterocycles. The van der Waals surface area contributed by atoms with Gasteiger partial charge in [-0.05, 0) is 29.0 Å². The summed E-state index contributed by atoms with van der Waals surface area (Å²) in [6, 6.07) is 13.5. The number of hydrogen-bond donors (Lipinski definition) is 0. The number of methoxy groups -OCH3 is 3. The lowest BCUT2D eigenvalue weighted by Gasteiger charge is -2.10. The Hall–Kier alpha value is -4.64. The Morgan fingerprint density at radius 3 is 2.62 bits per heavy atom. The van der Waals surface area contributed by atoms with E-state index < -0.39 is 0 Å². The van der Waals surface area contributed by atoms with Gasteiger partial charge >= 0.3 is 0 Å². The highest BCUT2D eigenvalue weighted by Crippen LogP contribution is 2.37. The molecule has 6 aromatic rings. The number of nitrogens with zero attached hydrogens (tertiary/aromatic N) is 5. The highest BCUT2D eigenvalue weighted by molar-refractivity contribution is 7.18. The molecule has 37 heavy (non-hydrogen) atoms. The third-order valence-corrected chi connectivity index (χ3v) is 6.60. The minimum absolute atomic E-state index is 0.337. The van der Waals surface area contributed by atoms with Crippen LogP contribution < -0.4 is 18.9 Å². The van der Waals surface area contributed by atoms with Gasteiger partial charge in [-0.1, -0.05) is 18.2 Å². The van der Waals surface area contributed by atoms with Crippen LogP contribution in [-0.4, -0.2) is 45.9 Å². The van der Waals surface area contributed by atoms with Gasteiger partial charge in [0.1, 0.15) is 29.4 Å². The summed E-state index contributed by atoms with van der Waals surface area (Å²) >= 11 is 1.35. The first-order chi connectivity index (χ1) is 18.1. The summed E-state index contributed by atoms with van der Waals surface area (Å²) in [5.74, 6) is 2.34. The van der Waals surface area contributed by atoms with E-state index in [1.165, 1.54) is 11.3 Å². The second-order valence-electron chi connectivity index (χ2n) is 8.01. The van der Waals surface area contributed by atoms with Crippen molar-refractivity contribution in [2.45, 2.75) is 6.61 Å². The van der Waals surface area contributed by atoms with Gasteiger partial charge in [0.15, 0.2) is 5.76 Å². The largest absolute Gasteiger partial charge is 0.496 e. The molecule has 186 valence electrons. The molecule has 10 nitrogen and oxygen atoms in total. The van der Waals surface area contributed by atoms with Crippen molar-refractivity contribution in [3.8, 4) is 45.3 Å². The van der Waals surface area contributed by atoms with Gasteiger partial charge in [0, 0.05) is 17.7 Å². The van der Waals surface area contributed by atoms with Crippen LogP contribution in [0.5, 0.6) is 22.6 Å². The third-order valence-electron chi connectivity index (χ3n) is 5.71. The van der Waals surface area contributed by atoms with Gasteiger partial charge in [0.25, 0.3) is 5.19 Å². The van der Waals surface area contributed by atoms with E-state index in [1.807, 2.05) is 42.5 Å². The van der Waals surface area contributed by atoms with Crippen molar-refractivity contribution in [3.05, 3.63) is 66.6 Å². The highest BCUT2D eigenvalue weighted by atomic mass is 32.1. The zero-order chi connectivity index (χ0) is 25.4. The second-order valence-corrected chi connectivity index (χ2v) is 8.92. The van der Waals surface area contributed by atoms with Crippen LogP contribution >= 0.6 is 11.3 Å². The highest BCUT2D eigenvalue weighted by Gasteiger charge is 2.17. The summed E-state index contributed by atoms with van der Waals surface area (Å²) in [7, 11) is 4.75. The predicted octanol–water partition coefficient (Wildman–Crippen LogP) is 5.27. The zero-order valence-electron chi connectivity index (χ0n) is 20.2. The molecule has 0 aliphatic carbocycles. The molecule has 4 aromatic heterocycles. The van der Waals surface area contributed by atoms with Crippen molar-refractivity contribution in [1.82, 2.24) is 24.6 Å². The second kappa shape index (κ2) is 9.43. The molecule has 0 radical (unpaired) electrons. The van der Waals surface area contributed by atoms with Crippen LogP contribution in [0.2, 0.25) is 0 Å². The van der Waals surface area contributed by atoms with Crippen LogP contribution in [0.15, 0.2) is 65.5 Å². The van der Waals surface area contributed by atoms with Crippen LogP contribution in [0.3, 0.4) is 0 Å². The van der Waals surface area contributed by atoms with E-state index in [9.17, 15) is 0 Å². The first-order valence-corrected chi connectivity index (χ1v) is 12.1. The molecule has 6 rings (SSSR count). The Morgan fingerprint density at radius 2 is 1.86 bits per heavy atom. The molecule has 0 bridgehead atoms. The van der Waals surface area contributed by atoms with Crippen molar-refractivity contribution in [2.75, 3.05) is 21.3 Å². The Labute approximate surface area is 215 Å². The van der Waals surface area contributed by atoms with Gasteiger partial charge in [0.2, 0.25) is 10.8 Å². The average Bonchev–Trinajstić information content (AvgIpc) is 3.65. The van der Waals surface area contributed by atoms with E-state index in [4.69, 9.17) is 23.4 Å². The maximum atomic E-state index is 6.25. The molecule has 0 aliphatic rings. The molecule has 2 aromatic carbocycles. The third kappa shape index (κ3) is 4.40. The number of rotatable bonds is 8. The summed E-state index contributed by atoms with van der Waals surface area (Å²) in [6.07, 6.45) is 5.08. The van der Waals surface area contributed by atoms with E-state index in [-0.39, 0.29) is 0 Å². The molecule has 0 unspecified atom stereocenters. The Kier molecular flexibility index (Phi) is 5.81. The monoisotopic (exact) mass is 515 g/mol. The summed E-state index contributed by atoms with van der Waals surface area (Å²) in [5.41, 5.74) is 3.95. The van der Waals surface area contributed by atoms with Gasteiger partial charge in [-0.2, -0.15) is 0 Å². The number of furan rings is 1. The molecule has 0 N–H and O–H groups in total. The summed E-state index contributed by atoms with van der Waals surface area (Å²) < 4.78 is 29.8. The topological polar surface area (TPSA) is 106 Å². The first-order valence-electron chi connectivity index (χ1n) is 11.2. The quantitative estimate of drug-likeness (QED) is 0.268. The number of benzene rings is 2. The fourth-order valence-corrected chi connectivity index (χ4v) is 4.58. The van der Waals surface area contributed by atoms with Gasteiger partial charge in [-0.15, -0.1) is 5.10 Å². The Morgan fingerprint density at radius 1 is 0.946 bits per heavy atom. The summed E-state index contributed by atoms with van der Waals surface area (Å²) in [6.45, 7) is 0.337. The lowest BCUT2D eigenvalue weighted by molar-refractivity contribution is 0.307. The fourth-order valence-electron chi connectivity index (χ4n) is 3.88. The summed E-state index contributed by atoms with van der Waals surface area (Å²) in [4.78, 5) is 14.0. The van der Waals surface area contributed by atoms with Crippen LogP contribution in [0.25, 0.3) is 38.6 Å². The molecule has 0 atom stereocenters. The van der Waals surface area contributed by atoms with Crippen LogP contribution in [0.4, 0.5) is 0 Å². The number of ether oxygens (including phenoxy) is 4. The molecule has 0 saturated carbocycles. The maximum absolute atomic E-state index is 6.25. The lowest BCUT2D eigenvalue weighted by Crippen LogP contribution is -1.97. The van der Waals surface area contributed by atoms with Crippen molar-refractivity contribution in [3.63, 3.8) is 0 Å². The first kappa shape index (κ1) is 22.8. The molecule has 4 heterocycles. The number of fused-ring (bicyclic) bond motifs is 2. The normalized spacial score (nSPS) is 11.2. The van der Waals surface area contributed by atoms with Gasteiger partial charge in [0.05, 0.1) is 51.0 Å². The minimum atomic E-state index is 0.337. The Bertz CT molecular complexity index is 1670. The lowest BCUT2D eigenvalue weighted by atomic mass is 10.1. The van der Waals surface area contributed by atoms with Crippen LogP contribution in [-0.2, 0) is 6.61 Å². The van der Waals surface area contributed by atoms with E-state index in [2.05, 4.69) is 20.1 Å². The van der Waals surface area contributed by atoms with E-state index in [0.717, 1.165) is 22.2 Å². The standard InChI is InChI=1S/C26H21N5O5S/c1-32-17-8-21(35-14-15-5-4-6-16(7-15)19-11-28-24(33-2)12-27-19)18-10-23(36-22(18)9-17)20-13-31-25(29-20)37-26(30-31)34-3/h4-13H,14H2,1-3H3. The van der Waals surface area contributed by atoms with Gasteiger partial charge < -0.3 is 23.4 Å². The number of aromatic nitrogens is 5. The zero-order valence-corrected chi connectivity index (χ0v) is 21.0. The van der Waals surface area contributed by atoms with Crippen molar-refractivity contribution < 1.29 is 23.4 Å². The average molecular weight is 516 g/mol. The molecule has 0 fully saturated rings. The van der Waals surface area contributed by atoms with Crippen LogP contribution in [0, 0.1) is 0 Å².